The first kappa shape index (κ1) is 12.8. The Labute approximate surface area is 80.5 Å². The van der Waals surface area contributed by atoms with Crippen LogP contribution in [0.2, 0.25) is 0 Å². The summed E-state index contributed by atoms with van der Waals surface area (Å²) in [6.07, 6.45) is 0. The van der Waals surface area contributed by atoms with Gasteiger partial charge in [0.1, 0.15) is 0 Å². The maximum atomic E-state index is 10.0. The Morgan fingerprint density at radius 1 is 1.10 bits per heavy atom. The first-order valence-electron chi connectivity index (χ1n) is 2.15. The molecule has 1 radical (unpaired) electrons. The predicted octanol–water partition coefficient (Wildman–Crippen LogP) is 0.643. The zero-order valence-electron chi connectivity index (χ0n) is 5.34. The van der Waals surface area contributed by atoms with Gasteiger partial charge >= 0.3 is 63.5 Å². The predicted molar refractivity (Wildman–Crippen MR) is 38.9 cm³/mol. The van der Waals surface area contributed by atoms with Crippen molar-refractivity contribution in [2.75, 3.05) is 0 Å². The minimum atomic E-state index is -1.31. The van der Waals surface area contributed by atoms with E-state index in [0.717, 1.165) is 0 Å². The Hall–Kier alpha value is 0.189. The van der Waals surface area contributed by atoms with Crippen molar-refractivity contribution in [3.8, 4) is 0 Å². The molecule has 0 N–H and O–H groups in total. The number of carbonyl (C=O) groups excluding carboxylic acids is 2. The van der Waals surface area contributed by atoms with Crippen LogP contribution in [0.5, 0.6) is 0 Å². The molecule has 0 saturated carbocycles. The fourth-order valence-corrected chi connectivity index (χ4v) is 0.757. The molecule has 6 heteroatoms. The number of hydrogen-bond donors (Lipinski definition) is 0. The average molecular weight is 310 g/mol. The van der Waals surface area contributed by atoms with Gasteiger partial charge in [-0.2, -0.15) is 0 Å². The first-order chi connectivity index (χ1) is 4.13. The second-order valence-corrected chi connectivity index (χ2v) is 2.56. The van der Waals surface area contributed by atoms with Crippen LogP contribution >= 0.6 is 22.0 Å². The zero-order valence-corrected chi connectivity index (χ0v) is 8.61. The minimum absolute atomic E-state index is 0. The van der Waals surface area contributed by atoms with Crippen LogP contribution < -0.4 is 0 Å². The molecular weight excluding hydrogens is 302 g/mol. The van der Waals surface area contributed by atoms with Crippen molar-refractivity contribution in [1.82, 2.24) is 0 Å². The molecule has 0 spiro atoms. The Kier molecular flexibility index (Phi) is 9.36. The van der Waals surface area contributed by atoms with Crippen LogP contribution in [-0.2, 0) is 32.8 Å². The largest absolute Gasteiger partial charge is 0 e. The van der Waals surface area contributed by atoms with Crippen molar-refractivity contribution in [3.05, 3.63) is 0 Å². The van der Waals surface area contributed by atoms with Gasteiger partial charge < -0.3 is 0 Å². The molecule has 0 fully saturated rings. The molecule has 0 aromatic heterocycles. The van der Waals surface area contributed by atoms with Gasteiger partial charge in [-0.1, -0.05) is 0 Å². The molecule has 0 saturated heterocycles. The van der Waals surface area contributed by atoms with Crippen LogP contribution in [0.4, 0.5) is 0 Å². The summed E-state index contributed by atoms with van der Waals surface area (Å²) in [5.74, 6) is -0.808. The quantitative estimate of drug-likeness (QED) is 0.555. The fraction of sp³-hybridized carbons (Fsp3) is 0.500. The number of rotatable bonds is 2. The molecule has 0 unspecified atom stereocenters. The third kappa shape index (κ3) is 11.0. The second kappa shape index (κ2) is 7.30. The van der Waals surface area contributed by atoms with E-state index in [-0.39, 0.29) is 17.1 Å². The third-order valence-corrected chi connectivity index (χ3v) is 2.03. The van der Waals surface area contributed by atoms with E-state index in [1.165, 1.54) is 13.8 Å². The first-order valence-corrected chi connectivity index (χ1v) is 4.05. The maximum absolute atomic E-state index is 10.0. The van der Waals surface area contributed by atoms with E-state index in [2.05, 4.69) is 6.13 Å². The van der Waals surface area contributed by atoms with Crippen LogP contribution in [0.3, 0.4) is 0 Å². The molecular formula is C4H7CuIO4. The SMILES string of the molecule is CC(=O)O[IH]OC(C)=O.[Cu]. The Morgan fingerprint density at radius 3 is 1.60 bits per heavy atom. The van der Waals surface area contributed by atoms with Gasteiger partial charge in [0.05, 0.1) is 0 Å². The van der Waals surface area contributed by atoms with Crippen molar-refractivity contribution in [2.45, 2.75) is 13.8 Å². The molecule has 0 rings (SSSR count). The summed E-state index contributed by atoms with van der Waals surface area (Å²) in [4.78, 5) is 20.1. The van der Waals surface area contributed by atoms with Gasteiger partial charge in [0, 0.05) is 17.1 Å². The standard InChI is InChI=1S/C4H7IO4.Cu/c1-3(6)8-5-9-4(2)7;/h5H,1-2H3;. The van der Waals surface area contributed by atoms with Crippen LogP contribution in [-0.4, -0.2) is 11.9 Å². The molecule has 0 bridgehead atoms. The van der Waals surface area contributed by atoms with E-state index in [1.807, 2.05) is 0 Å². The van der Waals surface area contributed by atoms with E-state index in [1.54, 1.807) is 0 Å². The summed E-state index contributed by atoms with van der Waals surface area (Å²) >= 11 is -1.31. The van der Waals surface area contributed by atoms with Crippen molar-refractivity contribution >= 4 is 34.0 Å². The molecule has 65 valence electrons. The molecule has 0 aromatic rings. The van der Waals surface area contributed by atoms with E-state index < -0.39 is 34.0 Å². The molecule has 0 heterocycles. The number of carbonyl (C=O) groups is 2. The van der Waals surface area contributed by atoms with E-state index >= 15 is 0 Å². The van der Waals surface area contributed by atoms with E-state index in [9.17, 15) is 9.59 Å². The fourth-order valence-electron chi connectivity index (χ4n) is 0.113. The van der Waals surface area contributed by atoms with E-state index in [0.29, 0.717) is 0 Å². The van der Waals surface area contributed by atoms with Crippen molar-refractivity contribution in [3.63, 3.8) is 0 Å². The van der Waals surface area contributed by atoms with Gasteiger partial charge in [-0.15, -0.1) is 0 Å². The topological polar surface area (TPSA) is 52.6 Å². The minimum Gasteiger partial charge on any atom is 0 e. The summed E-state index contributed by atoms with van der Waals surface area (Å²) in [6.45, 7) is 2.54. The zero-order chi connectivity index (χ0) is 7.28. The molecule has 10 heavy (non-hydrogen) atoms. The average Bonchev–Trinajstić information content (AvgIpc) is 1.63. The van der Waals surface area contributed by atoms with Crippen LogP contribution in [0.1, 0.15) is 13.8 Å². The van der Waals surface area contributed by atoms with Gasteiger partial charge in [-0.05, 0) is 0 Å². The van der Waals surface area contributed by atoms with Crippen LogP contribution in [0.25, 0.3) is 0 Å². The molecule has 0 aromatic carbocycles. The number of hydrogen-bond acceptors (Lipinski definition) is 4. The van der Waals surface area contributed by atoms with E-state index in [4.69, 9.17) is 0 Å². The summed E-state index contributed by atoms with van der Waals surface area (Å²) in [7, 11) is 0. The third-order valence-electron chi connectivity index (χ3n) is 0.303. The van der Waals surface area contributed by atoms with Gasteiger partial charge in [0.15, 0.2) is 0 Å². The Balaban J connectivity index is 0. The smallest absolute Gasteiger partial charge is 0 e. The van der Waals surface area contributed by atoms with Crippen molar-refractivity contribution in [1.29, 1.82) is 0 Å². The molecule has 0 aliphatic heterocycles. The molecule has 0 aliphatic carbocycles. The van der Waals surface area contributed by atoms with Gasteiger partial charge in [0.25, 0.3) is 0 Å². The molecule has 0 aliphatic rings. The van der Waals surface area contributed by atoms with Gasteiger partial charge in [-0.25, -0.2) is 0 Å². The maximum Gasteiger partial charge on any atom is 0 e. The van der Waals surface area contributed by atoms with Crippen molar-refractivity contribution in [2.24, 2.45) is 0 Å². The second-order valence-electron chi connectivity index (χ2n) is 1.22. The van der Waals surface area contributed by atoms with Gasteiger partial charge in [-0.3, -0.25) is 0 Å². The molecule has 0 amide bonds. The Bertz CT molecular complexity index is 112. The normalized spacial score (nSPS) is 7.80. The molecule has 4 nitrogen and oxygen atoms in total. The molecule has 0 atom stereocenters. The summed E-state index contributed by atoms with van der Waals surface area (Å²) in [6, 6.07) is 0. The van der Waals surface area contributed by atoms with Crippen LogP contribution in [0, 0.1) is 0 Å². The monoisotopic (exact) mass is 309 g/mol. The van der Waals surface area contributed by atoms with Crippen molar-refractivity contribution < 1.29 is 32.8 Å². The Morgan fingerprint density at radius 2 is 1.40 bits per heavy atom. The van der Waals surface area contributed by atoms with Crippen LogP contribution in [0.15, 0.2) is 0 Å². The summed E-state index contributed by atoms with van der Waals surface area (Å²) in [5, 5.41) is 0. The summed E-state index contributed by atoms with van der Waals surface area (Å²) < 4.78 is 8.80. The van der Waals surface area contributed by atoms with Gasteiger partial charge in [0.2, 0.25) is 0 Å². The summed E-state index contributed by atoms with van der Waals surface area (Å²) in [5.41, 5.74) is 0. The number of halogens is 1.